The number of likely N-dealkylation sites (N-methyl/N-ethyl adjacent to an activating group) is 1. The van der Waals surface area contributed by atoms with Gasteiger partial charge >= 0.3 is 0 Å². The molecule has 0 unspecified atom stereocenters. The Hall–Kier alpha value is -0.380. The molecule has 0 N–H and O–H groups in total. The zero-order valence-corrected chi connectivity index (χ0v) is 14.9. The number of hydrogen-bond acceptors (Lipinski definition) is 3. The average Bonchev–Trinajstić information content (AvgIpc) is 3.00. The monoisotopic (exact) mass is 305 g/mol. The van der Waals surface area contributed by atoms with Crippen LogP contribution >= 0.6 is 0 Å². The highest BCUT2D eigenvalue weighted by molar-refractivity contribution is 5.09. The minimum absolute atomic E-state index is 0.810. The lowest BCUT2D eigenvalue weighted by atomic mass is 9.80. The molecular weight excluding hydrogens is 270 g/mol. The van der Waals surface area contributed by atoms with Crippen LogP contribution in [0.5, 0.6) is 0 Å². The standard InChI is InChI=1S/C19H35N3/c1-4-20-10-12-22(13-11-20)18-8-9-21(14-18)15-19-16(2)6-5-7-17(19)3/h6,17-19H,4-5,7-15H2,1-3H3/t17-,18+,19+/m0/s1. The highest BCUT2D eigenvalue weighted by atomic mass is 15.3. The number of nitrogens with zero attached hydrogens (tertiary/aromatic N) is 3. The second-order valence-electron chi connectivity index (χ2n) is 7.78. The molecule has 3 heteroatoms. The second kappa shape index (κ2) is 7.46. The highest BCUT2D eigenvalue weighted by Crippen LogP contribution is 2.32. The maximum atomic E-state index is 2.76. The summed E-state index contributed by atoms with van der Waals surface area (Å²) in [5.74, 6) is 1.68. The largest absolute Gasteiger partial charge is 0.301 e. The maximum Gasteiger partial charge on any atom is 0.0236 e. The van der Waals surface area contributed by atoms with Crippen molar-refractivity contribution in [1.29, 1.82) is 0 Å². The first-order valence-corrected chi connectivity index (χ1v) is 9.52. The molecule has 2 aliphatic heterocycles. The Bertz CT molecular complexity index is 384. The molecule has 3 aliphatic rings. The van der Waals surface area contributed by atoms with Gasteiger partial charge in [0.25, 0.3) is 0 Å². The molecule has 0 aromatic carbocycles. The van der Waals surface area contributed by atoms with Gasteiger partial charge < -0.3 is 9.80 Å². The summed E-state index contributed by atoms with van der Waals surface area (Å²) in [7, 11) is 0. The number of hydrogen-bond donors (Lipinski definition) is 0. The van der Waals surface area contributed by atoms with Gasteiger partial charge in [0.2, 0.25) is 0 Å². The summed E-state index contributed by atoms with van der Waals surface area (Å²) >= 11 is 0. The SMILES string of the molecule is CCN1CCN([C@@H]2CCN(C[C@@H]3C(C)=CCC[C@@H]3C)C2)CC1. The molecule has 1 aliphatic carbocycles. The van der Waals surface area contributed by atoms with Crippen molar-refractivity contribution >= 4 is 0 Å². The Morgan fingerprint density at radius 3 is 2.50 bits per heavy atom. The Labute approximate surface area is 137 Å². The Kier molecular flexibility index (Phi) is 5.59. The number of piperazine rings is 1. The van der Waals surface area contributed by atoms with Gasteiger partial charge in [-0.25, -0.2) is 0 Å². The summed E-state index contributed by atoms with van der Waals surface area (Å²) in [6, 6.07) is 0.821. The van der Waals surface area contributed by atoms with Crippen LogP contribution < -0.4 is 0 Å². The lowest BCUT2D eigenvalue weighted by Crippen LogP contribution is -2.51. The topological polar surface area (TPSA) is 9.72 Å². The molecule has 2 heterocycles. The molecule has 22 heavy (non-hydrogen) atoms. The van der Waals surface area contributed by atoms with Crippen molar-refractivity contribution in [1.82, 2.24) is 14.7 Å². The van der Waals surface area contributed by atoms with Gasteiger partial charge in [-0.1, -0.05) is 25.5 Å². The number of likely N-dealkylation sites (tertiary alicyclic amines) is 1. The summed E-state index contributed by atoms with van der Waals surface area (Å²) < 4.78 is 0. The molecule has 0 saturated carbocycles. The van der Waals surface area contributed by atoms with Crippen molar-refractivity contribution in [2.45, 2.75) is 46.1 Å². The van der Waals surface area contributed by atoms with E-state index in [0.29, 0.717) is 0 Å². The van der Waals surface area contributed by atoms with Crippen LogP contribution in [0.15, 0.2) is 11.6 Å². The summed E-state index contributed by atoms with van der Waals surface area (Å²) in [4.78, 5) is 8.10. The van der Waals surface area contributed by atoms with E-state index in [9.17, 15) is 0 Å². The first-order chi connectivity index (χ1) is 10.7. The summed E-state index contributed by atoms with van der Waals surface area (Å²) in [5.41, 5.74) is 1.65. The fourth-order valence-corrected chi connectivity index (χ4v) is 4.70. The van der Waals surface area contributed by atoms with E-state index >= 15 is 0 Å². The highest BCUT2D eigenvalue weighted by Gasteiger charge is 2.32. The van der Waals surface area contributed by atoms with Crippen molar-refractivity contribution < 1.29 is 0 Å². The molecule has 0 radical (unpaired) electrons. The lowest BCUT2D eigenvalue weighted by Gasteiger charge is -2.38. The van der Waals surface area contributed by atoms with Gasteiger partial charge in [-0.05, 0) is 51.1 Å². The molecule has 126 valence electrons. The van der Waals surface area contributed by atoms with Gasteiger partial charge in [0.15, 0.2) is 0 Å². The van der Waals surface area contributed by atoms with Crippen LogP contribution in [0.1, 0.15) is 40.0 Å². The van der Waals surface area contributed by atoms with Crippen LogP contribution in [0.2, 0.25) is 0 Å². The van der Waals surface area contributed by atoms with Gasteiger partial charge in [0.05, 0.1) is 0 Å². The van der Waals surface area contributed by atoms with Gasteiger partial charge in [-0.3, -0.25) is 4.90 Å². The molecule has 3 nitrogen and oxygen atoms in total. The quantitative estimate of drug-likeness (QED) is 0.740. The van der Waals surface area contributed by atoms with E-state index in [1.54, 1.807) is 5.57 Å². The second-order valence-corrected chi connectivity index (χ2v) is 7.78. The Balaban J connectivity index is 1.48. The molecule has 0 bridgehead atoms. The van der Waals surface area contributed by atoms with Crippen LogP contribution in [-0.4, -0.2) is 73.1 Å². The molecule has 2 saturated heterocycles. The lowest BCUT2D eigenvalue weighted by molar-refractivity contribution is 0.0994. The maximum absolute atomic E-state index is 2.76. The van der Waals surface area contributed by atoms with Crippen LogP contribution in [0.3, 0.4) is 0 Å². The summed E-state index contributed by atoms with van der Waals surface area (Å²) in [6.07, 6.45) is 6.56. The number of rotatable bonds is 4. The van der Waals surface area contributed by atoms with Gasteiger partial charge in [-0.2, -0.15) is 0 Å². The van der Waals surface area contributed by atoms with Crippen LogP contribution in [0, 0.1) is 11.8 Å². The fraction of sp³-hybridized carbons (Fsp3) is 0.895. The van der Waals surface area contributed by atoms with E-state index in [1.807, 2.05) is 0 Å². The van der Waals surface area contributed by atoms with E-state index in [2.05, 4.69) is 41.5 Å². The van der Waals surface area contributed by atoms with Gasteiger partial charge in [0, 0.05) is 45.3 Å². The first kappa shape index (κ1) is 16.5. The molecule has 0 aromatic heterocycles. The molecule has 2 fully saturated rings. The normalized spacial score (nSPS) is 35.8. The molecule has 0 amide bonds. The van der Waals surface area contributed by atoms with Crippen molar-refractivity contribution in [2.24, 2.45) is 11.8 Å². The van der Waals surface area contributed by atoms with Crippen molar-refractivity contribution in [2.75, 3.05) is 52.4 Å². The van der Waals surface area contributed by atoms with Crippen LogP contribution in [0.4, 0.5) is 0 Å². The third-order valence-corrected chi connectivity index (χ3v) is 6.43. The molecule has 0 aromatic rings. The van der Waals surface area contributed by atoms with Crippen molar-refractivity contribution in [3.05, 3.63) is 11.6 Å². The number of allylic oxidation sites excluding steroid dienone is 1. The fourth-order valence-electron chi connectivity index (χ4n) is 4.70. The van der Waals surface area contributed by atoms with E-state index in [1.165, 1.54) is 71.6 Å². The predicted molar refractivity (Wildman–Crippen MR) is 94.2 cm³/mol. The van der Waals surface area contributed by atoms with E-state index < -0.39 is 0 Å². The molecule has 0 spiro atoms. The van der Waals surface area contributed by atoms with Crippen molar-refractivity contribution in [3.63, 3.8) is 0 Å². The Morgan fingerprint density at radius 1 is 1.05 bits per heavy atom. The minimum atomic E-state index is 0.810. The molecule has 3 rings (SSSR count). The van der Waals surface area contributed by atoms with Crippen LogP contribution in [0.25, 0.3) is 0 Å². The zero-order valence-electron chi connectivity index (χ0n) is 14.9. The van der Waals surface area contributed by atoms with Gasteiger partial charge in [0.1, 0.15) is 0 Å². The smallest absolute Gasteiger partial charge is 0.0236 e. The van der Waals surface area contributed by atoms with E-state index in [-0.39, 0.29) is 0 Å². The third kappa shape index (κ3) is 3.74. The third-order valence-electron chi connectivity index (χ3n) is 6.43. The van der Waals surface area contributed by atoms with E-state index in [0.717, 1.165) is 17.9 Å². The predicted octanol–water partition coefficient (Wildman–Crippen LogP) is 2.69. The van der Waals surface area contributed by atoms with Gasteiger partial charge in [-0.15, -0.1) is 0 Å². The zero-order chi connectivity index (χ0) is 15.5. The summed E-state index contributed by atoms with van der Waals surface area (Å²) in [6.45, 7) is 17.4. The summed E-state index contributed by atoms with van der Waals surface area (Å²) in [5, 5.41) is 0. The molecule has 3 atom stereocenters. The first-order valence-electron chi connectivity index (χ1n) is 9.52. The Morgan fingerprint density at radius 2 is 1.82 bits per heavy atom. The van der Waals surface area contributed by atoms with Crippen molar-refractivity contribution in [3.8, 4) is 0 Å². The molecular formula is C19H35N3. The van der Waals surface area contributed by atoms with E-state index in [4.69, 9.17) is 0 Å². The minimum Gasteiger partial charge on any atom is -0.301 e. The van der Waals surface area contributed by atoms with Crippen LogP contribution in [-0.2, 0) is 0 Å². The average molecular weight is 306 g/mol.